The predicted octanol–water partition coefficient (Wildman–Crippen LogP) is 9.41. The molecular weight excluding hydrogens is 502 g/mol. The van der Waals surface area contributed by atoms with Gasteiger partial charge in [-0.25, -0.2) is 0 Å². The molecule has 0 unspecified atom stereocenters. The number of hydrogen-bond acceptors (Lipinski definition) is 0. The van der Waals surface area contributed by atoms with E-state index in [1.807, 2.05) is 84.9 Å². The molecular formula is C30H14Cl4. The minimum atomic E-state index is 0.195. The topological polar surface area (TPSA) is 0 Å². The number of rotatable bonds is 0. The quantitative estimate of drug-likeness (QED) is 0.0833. The second-order valence-corrected chi connectivity index (χ2v) is 9.05. The van der Waals surface area contributed by atoms with E-state index in [0.717, 1.165) is 33.0 Å². The van der Waals surface area contributed by atoms with Gasteiger partial charge >= 0.3 is 0 Å². The van der Waals surface area contributed by atoms with Crippen molar-refractivity contribution in [1.29, 1.82) is 0 Å². The molecule has 0 atom stereocenters. The summed E-state index contributed by atoms with van der Waals surface area (Å²) in [7, 11) is 0. The van der Waals surface area contributed by atoms with Gasteiger partial charge in [-0.15, -0.1) is 0 Å². The van der Waals surface area contributed by atoms with Crippen molar-refractivity contribution in [3.63, 3.8) is 0 Å². The second kappa shape index (κ2) is 9.64. The molecule has 162 valence electrons. The van der Waals surface area contributed by atoms with Crippen LogP contribution in [-0.4, -0.2) is 0 Å². The summed E-state index contributed by atoms with van der Waals surface area (Å²) in [5, 5.41) is 4.09. The average molecular weight is 516 g/mol. The molecule has 4 heteroatoms. The molecule has 0 amide bonds. The third-order valence-corrected chi connectivity index (χ3v) is 7.25. The molecule has 5 aromatic carbocycles. The van der Waals surface area contributed by atoms with Crippen molar-refractivity contribution in [1.82, 2.24) is 0 Å². The smallest absolute Gasteiger partial charge is 0.0800 e. The van der Waals surface area contributed by atoms with Crippen LogP contribution in [0, 0.1) is 23.7 Å². The highest BCUT2D eigenvalue weighted by Crippen LogP contribution is 2.47. The van der Waals surface area contributed by atoms with Crippen molar-refractivity contribution in [3.05, 3.63) is 127 Å². The lowest BCUT2D eigenvalue weighted by Crippen LogP contribution is -1.94. The molecule has 0 spiro atoms. The SMILES string of the molecule is Clc1c(Cl)c(Cl)c2c(C#Cc3ccccc3)c3ccccc3c(C#Cc3ccccc3)c2c1Cl. The van der Waals surface area contributed by atoms with Crippen LogP contribution in [0.15, 0.2) is 84.9 Å². The second-order valence-electron chi connectivity index (χ2n) is 7.53. The van der Waals surface area contributed by atoms with Crippen LogP contribution in [0.1, 0.15) is 22.3 Å². The van der Waals surface area contributed by atoms with E-state index >= 15 is 0 Å². The minimum Gasteiger partial charge on any atom is -0.0819 e. The maximum atomic E-state index is 6.79. The third kappa shape index (κ3) is 4.12. The van der Waals surface area contributed by atoms with Gasteiger partial charge in [0.25, 0.3) is 0 Å². The van der Waals surface area contributed by atoms with Gasteiger partial charge in [0, 0.05) is 33.0 Å². The van der Waals surface area contributed by atoms with Gasteiger partial charge in [0.1, 0.15) is 0 Å². The first kappa shape index (κ1) is 22.7. The van der Waals surface area contributed by atoms with Crippen molar-refractivity contribution in [2.45, 2.75) is 0 Å². The fourth-order valence-corrected chi connectivity index (χ4v) is 4.90. The van der Waals surface area contributed by atoms with Crippen molar-refractivity contribution >= 4 is 67.9 Å². The highest BCUT2D eigenvalue weighted by molar-refractivity contribution is 6.56. The van der Waals surface area contributed by atoms with E-state index in [4.69, 9.17) is 46.4 Å². The maximum Gasteiger partial charge on any atom is 0.0800 e. The first-order valence-electron chi connectivity index (χ1n) is 10.4. The van der Waals surface area contributed by atoms with Gasteiger partial charge in [-0.05, 0) is 35.0 Å². The van der Waals surface area contributed by atoms with Crippen molar-refractivity contribution in [3.8, 4) is 23.7 Å². The summed E-state index contributed by atoms with van der Waals surface area (Å²) >= 11 is 26.6. The Morgan fingerprint density at radius 2 is 0.735 bits per heavy atom. The molecule has 34 heavy (non-hydrogen) atoms. The molecule has 0 N–H and O–H groups in total. The molecule has 0 fully saturated rings. The van der Waals surface area contributed by atoms with E-state index in [1.54, 1.807) is 0 Å². The van der Waals surface area contributed by atoms with Crippen LogP contribution in [0.3, 0.4) is 0 Å². The molecule has 0 aromatic heterocycles. The van der Waals surface area contributed by atoms with Gasteiger partial charge in [0.15, 0.2) is 0 Å². The van der Waals surface area contributed by atoms with E-state index in [2.05, 4.69) is 23.7 Å². The Labute approximate surface area is 218 Å². The number of hydrogen-bond donors (Lipinski definition) is 0. The Hall–Kier alpha value is -3.10. The first-order valence-corrected chi connectivity index (χ1v) is 11.9. The Kier molecular flexibility index (Phi) is 6.43. The van der Waals surface area contributed by atoms with E-state index < -0.39 is 0 Å². The lowest BCUT2D eigenvalue weighted by Gasteiger charge is -2.15. The molecule has 0 nitrogen and oxygen atoms in total. The highest BCUT2D eigenvalue weighted by atomic mass is 35.5. The maximum absolute atomic E-state index is 6.79. The number of halogens is 4. The predicted molar refractivity (Wildman–Crippen MR) is 146 cm³/mol. The molecule has 0 aliphatic rings. The van der Waals surface area contributed by atoms with Crippen molar-refractivity contribution in [2.75, 3.05) is 0 Å². The lowest BCUT2D eigenvalue weighted by molar-refractivity contribution is 1.64. The summed E-state index contributed by atoms with van der Waals surface area (Å²) < 4.78 is 0. The molecule has 0 aliphatic heterocycles. The summed E-state index contributed by atoms with van der Waals surface area (Å²) in [5.74, 6) is 13.1. The number of benzene rings is 5. The number of fused-ring (bicyclic) bond motifs is 2. The van der Waals surface area contributed by atoms with Gasteiger partial charge in [-0.1, -0.05) is 131 Å². The van der Waals surface area contributed by atoms with Crippen molar-refractivity contribution in [2.24, 2.45) is 0 Å². The molecule has 0 saturated carbocycles. The largest absolute Gasteiger partial charge is 0.0819 e. The summed E-state index contributed by atoms with van der Waals surface area (Å²) in [5.41, 5.74) is 3.22. The zero-order valence-corrected chi connectivity index (χ0v) is 20.6. The molecule has 0 heterocycles. The average Bonchev–Trinajstić information content (AvgIpc) is 2.89. The lowest BCUT2D eigenvalue weighted by atomic mass is 9.91. The fourth-order valence-electron chi connectivity index (χ4n) is 3.86. The zero-order valence-electron chi connectivity index (χ0n) is 17.6. The van der Waals surface area contributed by atoms with Gasteiger partial charge < -0.3 is 0 Å². The Morgan fingerprint density at radius 3 is 1.12 bits per heavy atom. The van der Waals surface area contributed by atoms with Crippen LogP contribution in [0.2, 0.25) is 20.1 Å². The van der Waals surface area contributed by atoms with Crippen LogP contribution < -0.4 is 0 Å². The van der Waals surface area contributed by atoms with E-state index in [0.29, 0.717) is 20.8 Å². The van der Waals surface area contributed by atoms with Crippen molar-refractivity contribution < 1.29 is 0 Å². The van der Waals surface area contributed by atoms with E-state index in [1.165, 1.54) is 0 Å². The van der Waals surface area contributed by atoms with Crippen LogP contribution in [0.25, 0.3) is 21.5 Å². The minimum absolute atomic E-state index is 0.195. The summed E-state index contributed by atoms with van der Waals surface area (Å²) in [4.78, 5) is 0. The monoisotopic (exact) mass is 514 g/mol. The molecule has 0 aliphatic carbocycles. The molecule has 5 aromatic rings. The molecule has 0 bridgehead atoms. The highest BCUT2D eigenvalue weighted by Gasteiger charge is 2.22. The zero-order chi connectivity index (χ0) is 23.7. The molecule has 0 saturated heterocycles. The van der Waals surface area contributed by atoms with Gasteiger partial charge in [-0.2, -0.15) is 0 Å². The van der Waals surface area contributed by atoms with E-state index in [9.17, 15) is 0 Å². The van der Waals surface area contributed by atoms with Gasteiger partial charge in [0.05, 0.1) is 20.1 Å². The van der Waals surface area contributed by atoms with Crippen LogP contribution in [0.4, 0.5) is 0 Å². The van der Waals surface area contributed by atoms with Crippen LogP contribution in [-0.2, 0) is 0 Å². The van der Waals surface area contributed by atoms with Crippen LogP contribution in [0.5, 0.6) is 0 Å². The standard InChI is InChI=1S/C30H14Cl4/c31-27-25-23(17-15-19-9-3-1-4-10-19)21-13-7-8-14-22(21)24(18-16-20-11-5-2-6-12-20)26(25)28(32)30(34)29(27)33/h1-14H. The first-order chi connectivity index (χ1) is 16.6. The Bertz CT molecular complexity index is 1550. The Balaban J connectivity index is 1.94. The molecule has 0 radical (unpaired) electrons. The van der Waals surface area contributed by atoms with E-state index in [-0.39, 0.29) is 10.0 Å². The fraction of sp³-hybridized carbons (Fsp3) is 0. The normalized spacial score (nSPS) is 10.5. The third-order valence-electron chi connectivity index (χ3n) is 5.44. The van der Waals surface area contributed by atoms with Crippen LogP contribution >= 0.6 is 46.4 Å². The van der Waals surface area contributed by atoms with Gasteiger partial charge in [-0.3, -0.25) is 0 Å². The summed E-state index contributed by atoms with van der Waals surface area (Å²) in [6.45, 7) is 0. The molecule has 5 rings (SSSR count). The van der Waals surface area contributed by atoms with Gasteiger partial charge in [0.2, 0.25) is 0 Å². The summed E-state index contributed by atoms with van der Waals surface area (Å²) in [6.07, 6.45) is 0. The summed E-state index contributed by atoms with van der Waals surface area (Å²) in [6, 6.07) is 27.4. The Morgan fingerprint density at radius 1 is 0.382 bits per heavy atom.